The van der Waals surface area contributed by atoms with E-state index in [1.165, 1.54) is 6.08 Å². The second-order valence-corrected chi connectivity index (χ2v) is 7.14. The van der Waals surface area contributed by atoms with Crippen LogP contribution in [-0.2, 0) is 4.79 Å². The number of nitrogens with one attached hydrogen (secondary N) is 1. The molecule has 0 unspecified atom stereocenters. The van der Waals surface area contributed by atoms with Crippen LogP contribution in [0.3, 0.4) is 0 Å². The molecule has 0 saturated carbocycles. The summed E-state index contributed by atoms with van der Waals surface area (Å²) >= 11 is 7.61. The minimum atomic E-state index is -0.206. The SMILES string of the molecule is CSCC[C@H](NC(=O)C=Cc1ccc(Cl)cc1)c1nnc2ccccn12. The molecule has 0 saturated heterocycles. The fourth-order valence-corrected chi connectivity index (χ4v) is 3.16. The minimum absolute atomic E-state index is 0.168. The molecule has 0 aliphatic carbocycles. The number of rotatable bonds is 7. The van der Waals surface area contributed by atoms with Gasteiger partial charge in [-0.25, -0.2) is 0 Å². The van der Waals surface area contributed by atoms with E-state index in [1.807, 2.05) is 47.2 Å². The third-order valence-corrected chi connectivity index (χ3v) is 4.77. The number of nitrogens with zero attached hydrogens (tertiary/aromatic N) is 3. The van der Waals surface area contributed by atoms with E-state index in [4.69, 9.17) is 11.6 Å². The van der Waals surface area contributed by atoms with Crippen molar-refractivity contribution in [3.8, 4) is 0 Å². The quantitative estimate of drug-likeness (QED) is 0.623. The second kappa shape index (κ2) is 8.87. The Kier molecular flexibility index (Phi) is 6.30. The van der Waals surface area contributed by atoms with E-state index in [2.05, 4.69) is 15.5 Å². The van der Waals surface area contributed by atoms with Crippen molar-refractivity contribution in [3.63, 3.8) is 0 Å². The number of carbonyl (C=O) groups excluding carboxylic acids is 1. The Balaban J connectivity index is 1.75. The molecule has 134 valence electrons. The highest BCUT2D eigenvalue weighted by molar-refractivity contribution is 7.98. The molecule has 2 aromatic heterocycles. The largest absolute Gasteiger partial charge is 0.342 e. The van der Waals surface area contributed by atoms with E-state index in [9.17, 15) is 4.79 Å². The summed E-state index contributed by atoms with van der Waals surface area (Å²) in [5.41, 5.74) is 1.68. The molecule has 0 bridgehead atoms. The van der Waals surface area contributed by atoms with Crippen molar-refractivity contribution in [2.45, 2.75) is 12.5 Å². The van der Waals surface area contributed by atoms with Gasteiger partial charge in [-0.3, -0.25) is 9.20 Å². The van der Waals surface area contributed by atoms with Crippen molar-refractivity contribution in [2.75, 3.05) is 12.0 Å². The van der Waals surface area contributed by atoms with Crippen molar-refractivity contribution >= 4 is 41.0 Å². The highest BCUT2D eigenvalue weighted by atomic mass is 35.5. The van der Waals surface area contributed by atoms with Crippen molar-refractivity contribution in [3.05, 3.63) is 71.1 Å². The van der Waals surface area contributed by atoms with Crippen LogP contribution in [0.15, 0.2) is 54.7 Å². The molecule has 0 radical (unpaired) electrons. The number of amides is 1. The van der Waals surface area contributed by atoms with Crippen LogP contribution in [0, 0.1) is 0 Å². The van der Waals surface area contributed by atoms with Crippen molar-refractivity contribution in [1.82, 2.24) is 19.9 Å². The zero-order valence-corrected chi connectivity index (χ0v) is 15.9. The first-order valence-corrected chi connectivity index (χ1v) is 9.97. The molecular weight excluding hydrogens is 368 g/mol. The van der Waals surface area contributed by atoms with Gasteiger partial charge in [-0.1, -0.05) is 29.8 Å². The maximum Gasteiger partial charge on any atom is 0.244 e. The Hall–Kier alpha value is -2.31. The Morgan fingerprint density at radius 2 is 2.08 bits per heavy atom. The first-order valence-electron chi connectivity index (χ1n) is 8.20. The summed E-state index contributed by atoms with van der Waals surface area (Å²) in [4.78, 5) is 12.4. The number of halogens is 1. The van der Waals surface area contributed by atoms with Crippen LogP contribution < -0.4 is 5.32 Å². The Labute approximate surface area is 161 Å². The van der Waals surface area contributed by atoms with E-state index in [-0.39, 0.29) is 11.9 Å². The molecule has 0 fully saturated rings. The van der Waals surface area contributed by atoms with Gasteiger partial charge in [-0.2, -0.15) is 11.8 Å². The predicted octanol–water partition coefficient (Wildman–Crippen LogP) is 4.01. The predicted molar refractivity (Wildman–Crippen MR) is 107 cm³/mol. The molecule has 0 aliphatic heterocycles. The van der Waals surface area contributed by atoms with Crippen LogP contribution >= 0.6 is 23.4 Å². The lowest BCUT2D eigenvalue weighted by Gasteiger charge is -2.15. The molecule has 1 amide bonds. The first kappa shape index (κ1) is 18.5. The van der Waals surface area contributed by atoms with Crippen LogP contribution in [-0.4, -0.2) is 32.5 Å². The summed E-state index contributed by atoms with van der Waals surface area (Å²) in [6.45, 7) is 0. The van der Waals surface area contributed by atoms with E-state index in [0.29, 0.717) is 5.02 Å². The van der Waals surface area contributed by atoms with Gasteiger partial charge in [0.15, 0.2) is 11.5 Å². The molecule has 1 aromatic carbocycles. The summed E-state index contributed by atoms with van der Waals surface area (Å²) in [7, 11) is 0. The van der Waals surface area contributed by atoms with E-state index in [0.717, 1.165) is 29.2 Å². The molecule has 1 N–H and O–H groups in total. The normalized spacial score (nSPS) is 12.5. The Morgan fingerprint density at radius 3 is 2.85 bits per heavy atom. The Morgan fingerprint density at radius 1 is 1.27 bits per heavy atom. The third-order valence-electron chi connectivity index (χ3n) is 3.88. The minimum Gasteiger partial charge on any atom is -0.342 e. The zero-order valence-electron chi connectivity index (χ0n) is 14.3. The number of fused-ring (bicyclic) bond motifs is 1. The van der Waals surface area contributed by atoms with Crippen LogP contribution in [0.2, 0.25) is 5.02 Å². The number of pyridine rings is 1. The van der Waals surface area contributed by atoms with Crippen molar-refractivity contribution < 1.29 is 4.79 Å². The van der Waals surface area contributed by atoms with Gasteiger partial charge in [-0.15, -0.1) is 10.2 Å². The van der Waals surface area contributed by atoms with Gasteiger partial charge >= 0.3 is 0 Å². The number of carbonyl (C=O) groups is 1. The molecule has 3 rings (SSSR count). The van der Waals surface area contributed by atoms with Gasteiger partial charge in [0.25, 0.3) is 0 Å². The van der Waals surface area contributed by atoms with Gasteiger partial charge in [0, 0.05) is 17.3 Å². The topological polar surface area (TPSA) is 59.3 Å². The second-order valence-electron chi connectivity index (χ2n) is 5.71. The molecular formula is C19H19ClN4OS. The van der Waals surface area contributed by atoms with E-state index < -0.39 is 0 Å². The summed E-state index contributed by atoms with van der Waals surface area (Å²) in [6.07, 6.45) is 8.02. The molecule has 1 atom stereocenters. The number of aromatic nitrogens is 3. The van der Waals surface area contributed by atoms with Crippen LogP contribution in [0.5, 0.6) is 0 Å². The summed E-state index contributed by atoms with van der Waals surface area (Å²) in [6, 6.07) is 12.8. The van der Waals surface area contributed by atoms with Crippen LogP contribution in [0.4, 0.5) is 0 Å². The number of thioether (sulfide) groups is 1. The Bertz CT molecular complexity index is 907. The van der Waals surface area contributed by atoms with Crippen LogP contribution in [0.25, 0.3) is 11.7 Å². The molecule has 2 heterocycles. The lowest BCUT2D eigenvalue weighted by molar-refractivity contribution is -0.117. The average Bonchev–Trinajstić information content (AvgIpc) is 3.09. The summed E-state index contributed by atoms with van der Waals surface area (Å²) in [5.74, 6) is 1.48. The lowest BCUT2D eigenvalue weighted by atomic mass is 10.2. The molecule has 3 aromatic rings. The maximum atomic E-state index is 12.4. The van der Waals surface area contributed by atoms with Crippen molar-refractivity contribution in [1.29, 1.82) is 0 Å². The van der Waals surface area contributed by atoms with E-state index >= 15 is 0 Å². The van der Waals surface area contributed by atoms with Gasteiger partial charge in [0.1, 0.15) is 0 Å². The standard InChI is InChI=1S/C19H19ClN4OS/c1-26-13-11-16(19-23-22-17-4-2-3-12-24(17)19)21-18(25)10-7-14-5-8-15(20)9-6-14/h2-10,12,16H,11,13H2,1H3,(H,21,25)/t16-/m0/s1. The third kappa shape index (κ3) is 4.65. The fraction of sp³-hybridized carbons (Fsp3) is 0.211. The molecule has 26 heavy (non-hydrogen) atoms. The summed E-state index contributed by atoms with van der Waals surface area (Å²) < 4.78 is 1.91. The number of hydrogen-bond acceptors (Lipinski definition) is 4. The van der Waals surface area contributed by atoms with Gasteiger partial charge in [-0.05, 0) is 54.3 Å². The average molecular weight is 387 g/mol. The highest BCUT2D eigenvalue weighted by Gasteiger charge is 2.19. The monoisotopic (exact) mass is 386 g/mol. The smallest absolute Gasteiger partial charge is 0.244 e. The zero-order chi connectivity index (χ0) is 18.4. The molecule has 5 nitrogen and oxygen atoms in total. The van der Waals surface area contributed by atoms with Crippen molar-refractivity contribution in [2.24, 2.45) is 0 Å². The van der Waals surface area contributed by atoms with E-state index in [1.54, 1.807) is 30.0 Å². The summed E-state index contributed by atoms with van der Waals surface area (Å²) in [5, 5.41) is 12.2. The fourth-order valence-electron chi connectivity index (χ4n) is 2.56. The van der Waals surface area contributed by atoms with Gasteiger partial charge in [0.05, 0.1) is 6.04 Å². The van der Waals surface area contributed by atoms with Crippen LogP contribution in [0.1, 0.15) is 23.9 Å². The highest BCUT2D eigenvalue weighted by Crippen LogP contribution is 2.18. The molecule has 0 spiro atoms. The molecule has 0 aliphatic rings. The first-order chi connectivity index (χ1) is 12.7. The van der Waals surface area contributed by atoms with Gasteiger partial charge in [0.2, 0.25) is 5.91 Å². The lowest BCUT2D eigenvalue weighted by Crippen LogP contribution is -2.29. The maximum absolute atomic E-state index is 12.4. The van der Waals surface area contributed by atoms with Gasteiger partial charge < -0.3 is 5.32 Å². The molecule has 7 heteroatoms. The number of hydrogen-bond donors (Lipinski definition) is 1. The number of benzene rings is 1.